The summed E-state index contributed by atoms with van der Waals surface area (Å²) < 4.78 is 14.0. The van der Waals surface area contributed by atoms with Crippen molar-refractivity contribution in [3.63, 3.8) is 0 Å². The summed E-state index contributed by atoms with van der Waals surface area (Å²) in [5.41, 5.74) is 1.06. The van der Waals surface area contributed by atoms with E-state index in [1.165, 1.54) is 21.8 Å². The monoisotopic (exact) mass is 394 g/mol. The molecule has 0 fully saturated rings. The molecule has 0 aromatic carbocycles. The number of thiazole rings is 1. The van der Waals surface area contributed by atoms with Gasteiger partial charge in [0.2, 0.25) is 5.88 Å². The van der Waals surface area contributed by atoms with Gasteiger partial charge in [0.25, 0.3) is 5.56 Å². The predicted molar refractivity (Wildman–Crippen MR) is 101 cm³/mol. The number of carbonyl (C=O) groups excluding carboxylic acids is 1. The maximum atomic E-state index is 12.6. The van der Waals surface area contributed by atoms with E-state index in [0.29, 0.717) is 10.7 Å². The van der Waals surface area contributed by atoms with Crippen molar-refractivity contribution in [2.45, 2.75) is 20.5 Å². The number of carbonyl (C=O) groups is 1. The minimum atomic E-state index is -0.708. The zero-order chi connectivity index (χ0) is 19.8. The first-order valence-electron chi connectivity index (χ1n) is 8.30. The van der Waals surface area contributed by atoms with E-state index in [1.807, 2.05) is 18.4 Å². The molecule has 0 bridgehead atoms. The van der Waals surface area contributed by atoms with Gasteiger partial charge in [0.05, 0.1) is 5.69 Å². The highest BCUT2D eigenvalue weighted by Crippen LogP contribution is 2.26. The normalized spacial score (nSPS) is 10.9. The first-order chi connectivity index (χ1) is 13.5. The lowest BCUT2D eigenvalue weighted by Crippen LogP contribution is -2.16. The number of fused-ring (bicyclic) bond motifs is 1. The molecule has 0 amide bonds. The summed E-state index contributed by atoms with van der Waals surface area (Å²) in [6.07, 6.45) is 3.42. The Morgan fingerprint density at radius 1 is 1.36 bits per heavy atom. The molecule has 4 aromatic rings. The summed E-state index contributed by atoms with van der Waals surface area (Å²) in [7, 11) is 0. The third-order valence-electron chi connectivity index (χ3n) is 4.20. The molecule has 0 radical (unpaired) electrons. The van der Waals surface area contributed by atoms with Gasteiger partial charge in [-0.2, -0.15) is 5.26 Å². The summed E-state index contributed by atoms with van der Waals surface area (Å²) in [5, 5.41) is 11.3. The van der Waals surface area contributed by atoms with Gasteiger partial charge in [0, 0.05) is 29.5 Å². The molecule has 0 atom stereocenters. The van der Waals surface area contributed by atoms with Gasteiger partial charge in [0.1, 0.15) is 29.6 Å². The van der Waals surface area contributed by atoms with Crippen LogP contribution in [0, 0.1) is 25.2 Å². The van der Waals surface area contributed by atoms with Crippen LogP contribution in [-0.4, -0.2) is 19.9 Å². The Bertz CT molecular complexity index is 1290. The highest BCUT2D eigenvalue weighted by atomic mass is 32.1. The lowest BCUT2D eigenvalue weighted by Gasteiger charge is -2.04. The van der Waals surface area contributed by atoms with E-state index >= 15 is 0 Å². The molecule has 28 heavy (non-hydrogen) atoms. The molecule has 0 N–H and O–H groups in total. The maximum absolute atomic E-state index is 12.6. The van der Waals surface area contributed by atoms with Gasteiger partial charge in [-0.15, -0.1) is 11.3 Å². The first-order valence-corrected chi connectivity index (χ1v) is 9.18. The fourth-order valence-corrected chi connectivity index (χ4v) is 3.81. The van der Waals surface area contributed by atoms with Gasteiger partial charge >= 0.3 is 5.97 Å². The molecule has 0 unspecified atom stereocenters. The third kappa shape index (κ3) is 2.90. The minimum Gasteiger partial charge on any atom is -0.455 e. The van der Waals surface area contributed by atoms with Crippen molar-refractivity contribution in [1.82, 2.24) is 14.0 Å². The van der Waals surface area contributed by atoms with Gasteiger partial charge in [0.15, 0.2) is 4.96 Å². The first kappa shape index (κ1) is 17.8. The molecule has 4 rings (SSSR count). The van der Waals surface area contributed by atoms with E-state index in [2.05, 4.69) is 4.98 Å². The second-order valence-corrected chi connectivity index (χ2v) is 6.91. The van der Waals surface area contributed by atoms with Crippen LogP contribution in [0.15, 0.2) is 45.2 Å². The van der Waals surface area contributed by atoms with Crippen molar-refractivity contribution in [1.29, 1.82) is 5.26 Å². The van der Waals surface area contributed by atoms with Gasteiger partial charge in [-0.05, 0) is 26.0 Å². The second kappa shape index (κ2) is 6.83. The van der Waals surface area contributed by atoms with Gasteiger partial charge in [-0.25, -0.2) is 9.78 Å². The molecule has 0 saturated carbocycles. The molecule has 0 aliphatic rings. The Morgan fingerprint density at radius 3 is 2.82 bits per heavy atom. The lowest BCUT2D eigenvalue weighted by atomic mass is 10.1. The minimum absolute atomic E-state index is 0.0657. The molecular formula is C19H14N4O4S. The van der Waals surface area contributed by atoms with E-state index < -0.39 is 5.97 Å². The largest absolute Gasteiger partial charge is 0.455 e. The van der Waals surface area contributed by atoms with E-state index in [4.69, 9.17) is 9.15 Å². The summed E-state index contributed by atoms with van der Waals surface area (Å²) in [6, 6.07) is 6.90. The third-order valence-corrected chi connectivity index (χ3v) is 5.14. The number of ether oxygens (including phenoxy) is 1. The summed E-state index contributed by atoms with van der Waals surface area (Å²) in [4.78, 5) is 29.7. The summed E-state index contributed by atoms with van der Waals surface area (Å²) >= 11 is 1.33. The number of rotatable bonds is 4. The van der Waals surface area contributed by atoms with Crippen LogP contribution in [0.2, 0.25) is 0 Å². The van der Waals surface area contributed by atoms with Gasteiger partial charge in [-0.3, -0.25) is 13.8 Å². The zero-order valence-corrected chi connectivity index (χ0v) is 15.8. The number of nitriles is 1. The van der Waals surface area contributed by atoms with Crippen molar-refractivity contribution >= 4 is 22.3 Å². The number of nitrogens with zero attached hydrogens (tertiary/aromatic N) is 4. The molecule has 8 nitrogen and oxygen atoms in total. The lowest BCUT2D eigenvalue weighted by molar-refractivity contribution is 0.0465. The molecule has 4 aromatic heterocycles. The molecule has 0 aliphatic heterocycles. The molecule has 0 saturated heterocycles. The van der Waals surface area contributed by atoms with Crippen LogP contribution in [0.5, 0.6) is 0 Å². The van der Waals surface area contributed by atoms with Crippen LogP contribution >= 0.6 is 11.3 Å². The average Bonchev–Trinajstić information content (AvgIpc) is 3.38. The fraction of sp³-hybridized carbons (Fsp3) is 0.158. The van der Waals surface area contributed by atoms with Crippen LogP contribution in [-0.2, 0) is 11.3 Å². The Morgan fingerprint density at radius 2 is 2.11 bits per heavy atom. The number of aryl methyl sites for hydroxylation is 2. The van der Waals surface area contributed by atoms with Crippen LogP contribution in [0.25, 0.3) is 10.8 Å². The molecule has 0 spiro atoms. The second-order valence-electron chi connectivity index (χ2n) is 6.07. The zero-order valence-electron chi connectivity index (χ0n) is 15.0. The van der Waals surface area contributed by atoms with Crippen molar-refractivity contribution in [2.24, 2.45) is 0 Å². The van der Waals surface area contributed by atoms with Crippen LogP contribution in [0.4, 0.5) is 0 Å². The Kier molecular flexibility index (Phi) is 4.33. The number of furan rings is 1. The Balaban J connectivity index is 1.61. The highest BCUT2D eigenvalue weighted by Gasteiger charge is 2.26. The maximum Gasteiger partial charge on any atom is 0.343 e. The molecular weight excluding hydrogens is 380 g/mol. The topological polar surface area (TPSA) is 103 Å². The van der Waals surface area contributed by atoms with Crippen LogP contribution in [0.3, 0.4) is 0 Å². The smallest absolute Gasteiger partial charge is 0.343 e. The average molecular weight is 394 g/mol. The Hall–Kier alpha value is -3.64. The van der Waals surface area contributed by atoms with Crippen molar-refractivity contribution < 1.29 is 13.9 Å². The SMILES string of the molecule is Cc1oc(-n2cccc2)c(C#N)c1C(=O)OCc1cc(=O)n2c(C)csc2n1. The molecule has 4 heterocycles. The molecule has 0 aliphatic carbocycles. The predicted octanol–water partition coefficient (Wildman–Crippen LogP) is 2.99. The van der Waals surface area contributed by atoms with Crippen LogP contribution < -0.4 is 5.56 Å². The summed E-state index contributed by atoms with van der Waals surface area (Å²) in [5.74, 6) is -0.174. The van der Waals surface area contributed by atoms with E-state index in [0.717, 1.165) is 5.69 Å². The van der Waals surface area contributed by atoms with Gasteiger partial charge in [-0.1, -0.05) is 0 Å². The fourth-order valence-electron chi connectivity index (χ4n) is 2.92. The number of aromatic nitrogens is 3. The quantitative estimate of drug-likeness (QED) is 0.493. The van der Waals surface area contributed by atoms with E-state index in [1.54, 1.807) is 36.0 Å². The highest BCUT2D eigenvalue weighted by molar-refractivity contribution is 7.15. The number of esters is 1. The van der Waals surface area contributed by atoms with Crippen LogP contribution in [0.1, 0.15) is 33.1 Å². The molecule has 9 heteroatoms. The number of hydrogen-bond acceptors (Lipinski definition) is 7. The number of hydrogen-bond donors (Lipinski definition) is 0. The standard InChI is InChI=1S/C19H14N4O4S/c1-11-10-28-19-21-13(7-15(24)23(11)19)9-26-18(25)16-12(2)27-17(14(16)8-20)22-5-3-4-6-22/h3-7,10H,9H2,1-2H3. The van der Waals surface area contributed by atoms with Gasteiger partial charge < -0.3 is 9.15 Å². The van der Waals surface area contributed by atoms with Crippen molar-refractivity contribution in [3.05, 3.63) is 74.6 Å². The van der Waals surface area contributed by atoms with E-state index in [9.17, 15) is 14.9 Å². The molecule has 140 valence electrons. The van der Waals surface area contributed by atoms with E-state index in [-0.39, 0.29) is 34.9 Å². The van der Waals surface area contributed by atoms with Crippen molar-refractivity contribution in [3.8, 4) is 12.0 Å². The Labute approximate surface area is 162 Å². The summed E-state index contributed by atoms with van der Waals surface area (Å²) in [6.45, 7) is 3.23. The van der Waals surface area contributed by atoms with Crippen molar-refractivity contribution in [2.75, 3.05) is 0 Å².